The Morgan fingerprint density at radius 1 is 1.00 bits per heavy atom. The normalized spacial score (nSPS) is 11.7. The third kappa shape index (κ3) is 5.91. The molecule has 31 heavy (non-hydrogen) atoms. The summed E-state index contributed by atoms with van der Waals surface area (Å²) in [5.74, 6) is 1.08. The van der Waals surface area contributed by atoms with Gasteiger partial charge in [0.1, 0.15) is 11.5 Å². The third-order valence-electron chi connectivity index (χ3n) is 4.49. The van der Waals surface area contributed by atoms with Crippen LogP contribution in [0.2, 0.25) is 0 Å². The SMILES string of the molecule is COc1ccc(S(=O)(=O)N(CCO)COc2ccccc2/C=C/c2ccncc2)cc1. The number of aromatic nitrogens is 1. The quantitative estimate of drug-likeness (QED) is 0.487. The number of rotatable bonds is 10. The van der Waals surface area contributed by atoms with Crippen molar-refractivity contribution in [3.05, 3.63) is 84.2 Å². The standard InChI is InChI=1S/C23H24N2O5S/c1-29-21-8-10-22(11-9-21)31(27,28)25(16-17-26)18-30-23-5-3-2-4-20(23)7-6-19-12-14-24-15-13-19/h2-15,26H,16-18H2,1H3/b7-6+. The van der Waals surface area contributed by atoms with Gasteiger partial charge in [0.25, 0.3) is 0 Å². The van der Waals surface area contributed by atoms with E-state index in [2.05, 4.69) is 4.98 Å². The van der Waals surface area contributed by atoms with Gasteiger partial charge in [-0.25, -0.2) is 8.42 Å². The molecule has 7 nitrogen and oxygen atoms in total. The number of pyridine rings is 1. The largest absolute Gasteiger partial charge is 0.497 e. The summed E-state index contributed by atoms with van der Waals surface area (Å²) in [6.45, 7) is -0.666. The summed E-state index contributed by atoms with van der Waals surface area (Å²) >= 11 is 0. The first-order valence-corrected chi connectivity index (χ1v) is 11.0. The molecule has 0 bridgehead atoms. The molecular weight excluding hydrogens is 416 g/mol. The summed E-state index contributed by atoms with van der Waals surface area (Å²) in [6, 6.07) is 17.2. The molecule has 1 N–H and O–H groups in total. The van der Waals surface area contributed by atoms with E-state index < -0.39 is 10.0 Å². The van der Waals surface area contributed by atoms with Gasteiger partial charge in [-0.1, -0.05) is 30.4 Å². The maximum Gasteiger partial charge on any atom is 0.245 e. The Bertz CT molecular complexity index is 1100. The Hall–Kier alpha value is -3.20. The number of aliphatic hydroxyl groups excluding tert-OH is 1. The molecule has 0 amide bonds. The molecule has 0 spiro atoms. The molecule has 0 aliphatic rings. The zero-order valence-corrected chi connectivity index (χ0v) is 17.9. The molecule has 0 fully saturated rings. The number of ether oxygens (including phenoxy) is 2. The van der Waals surface area contributed by atoms with E-state index in [4.69, 9.17) is 9.47 Å². The van der Waals surface area contributed by atoms with Crippen LogP contribution in [0.1, 0.15) is 11.1 Å². The number of methoxy groups -OCH3 is 1. The van der Waals surface area contributed by atoms with Crippen LogP contribution in [0.25, 0.3) is 12.2 Å². The maximum atomic E-state index is 13.0. The number of para-hydroxylation sites is 1. The van der Waals surface area contributed by atoms with Crippen LogP contribution in [0, 0.1) is 0 Å². The minimum Gasteiger partial charge on any atom is -0.497 e. The van der Waals surface area contributed by atoms with Gasteiger partial charge >= 0.3 is 0 Å². The number of sulfonamides is 1. The fraction of sp³-hybridized carbons (Fsp3) is 0.174. The molecule has 162 valence electrons. The van der Waals surface area contributed by atoms with Gasteiger partial charge in [0.05, 0.1) is 18.6 Å². The van der Waals surface area contributed by atoms with Crippen LogP contribution in [0.4, 0.5) is 0 Å². The lowest BCUT2D eigenvalue weighted by atomic mass is 10.1. The number of benzene rings is 2. The van der Waals surface area contributed by atoms with Crippen LogP contribution < -0.4 is 9.47 Å². The second kappa shape index (κ2) is 10.7. The molecule has 2 aromatic carbocycles. The van der Waals surface area contributed by atoms with Crippen molar-refractivity contribution in [3.63, 3.8) is 0 Å². The molecule has 3 rings (SSSR count). The van der Waals surface area contributed by atoms with Crippen LogP contribution in [0.15, 0.2) is 78.0 Å². The van der Waals surface area contributed by atoms with Crippen LogP contribution in [0.3, 0.4) is 0 Å². The van der Waals surface area contributed by atoms with E-state index in [0.29, 0.717) is 11.5 Å². The summed E-state index contributed by atoms with van der Waals surface area (Å²) in [5, 5.41) is 9.39. The maximum absolute atomic E-state index is 13.0. The van der Waals surface area contributed by atoms with E-state index in [1.54, 1.807) is 30.6 Å². The average Bonchev–Trinajstić information content (AvgIpc) is 2.81. The Balaban J connectivity index is 1.78. The Morgan fingerprint density at radius 3 is 2.39 bits per heavy atom. The van der Waals surface area contributed by atoms with Gasteiger partial charge in [-0.05, 0) is 48.0 Å². The molecule has 8 heteroatoms. The first-order valence-electron chi connectivity index (χ1n) is 9.59. The summed E-state index contributed by atoms with van der Waals surface area (Å²) in [4.78, 5) is 4.09. The zero-order chi connectivity index (χ0) is 22.1. The molecule has 0 aliphatic carbocycles. The second-order valence-corrected chi connectivity index (χ2v) is 8.44. The smallest absolute Gasteiger partial charge is 0.245 e. The highest BCUT2D eigenvalue weighted by Crippen LogP contribution is 2.23. The van der Waals surface area contributed by atoms with Gasteiger partial charge < -0.3 is 14.6 Å². The highest BCUT2D eigenvalue weighted by molar-refractivity contribution is 7.89. The zero-order valence-electron chi connectivity index (χ0n) is 17.1. The lowest BCUT2D eigenvalue weighted by Gasteiger charge is -2.22. The number of hydrogen-bond donors (Lipinski definition) is 1. The molecule has 0 unspecified atom stereocenters. The van der Waals surface area contributed by atoms with Gasteiger partial charge in [-0.3, -0.25) is 4.98 Å². The predicted octanol–water partition coefficient (Wildman–Crippen LogP) is 3.28. The summed E-state index contributed by atoms with van der Waals surface area (Å²) in [7, 11) is -2.35. The van der Waals surface area contributed by atoms with Gasteiger partial charge in [0, 0.05) is 24.5 Å². The minimum atomic E-state index is -3.86. The van der Waals surface area contributed by atoms with E-state index in [1.807, 2.05) is 42.5 Å². The van der Waals surface area contributed by atoms with Crippen molar-refractivity contribution < 1.29 is 23.0 Å². The van der Waals surface area contributed by atoms with Crippen LogP contribution in [-0.4, -0.2) is 49.8 Å². The van der Waals surface area contributed by atoms with Crippen molar-refractivity contribution in [1.82, 2.24) is 9.29 Å². The molecule has 1 heterocycles. The molecule has 1 aromatic heterocycles. The molecule has 0 saturated carbocycles. The third-order valence-corrected chi connectivity index (χ3v) is 6.33. The van der Waals surface area contributed by atoms with Crippen LogP contribution >= 0.6 is 0 Å². The number of nitrogens with zero attached hydrogens (tertiary/aromatic N) is 2. The minimum absolute atomic E-state index is 0.0937. The molecule has 0 atom stereocenters. The van der Waals surface area contributed by atoms with E-state index in [-0.39, 0.29) is 24.8 Å². The van der Waals surface area contributed by atoms with Gasteiger partial charge in [-0.2, -0.15) is 4.31 Å². The molecule has 0 radical (unpaired) electrons. The summed E-state index contributed by atoms with van der Waals surface area (Å²) in [5.41, 5.74) is 1.78. The topological polar surface area (TPSA) is 89.0 Å². The first kappa shape index (κ1) is 22.5. The van der Waals surface area contributed by atoms with Gasteiger partial charge in [-0.15, -0.1) is 0 Å². The van der Waals surface area contributed by atoms with Crippen molar-refractivity contribution in [3.8, 4) is 11.5 Å². The molecule has 3 aromatic rings. The van der Waals surface area contributed by atoms with Gasteiger partial charge in [0.15, 0.2) is 6.73 Å². The highest BCUT2D eigenvalue weighted by atomic mass is 32.2. The van der Waals surface area contributed by atoms with E-state index in [9.17, 15) is 13.5 Å². The Morgan fingerprint density at radius 2 is 1.71 bits per heavy atom. The molecule has 0 saturated heterocycles. The van der Waals surface area contributed by atoms with Crippen molar-refractivity contribution in [2.75, 3.05) is 27.0 Å². The van der Waals surface area contributed by atoms with E-state index >= 15 is 0 Å². The van der Waals surface area contributed by atoms with Crippen molar-refractivity contribution >= 4 is 22.2 Å². The van der Waals surface area contributed by atoms with E-state index in [1.165, 1.54) is 19.2 Å². The molecule has 0 aliphatic heterocycles. The monoisotopic (exact) mass is 440 g/mol. The lowest BCUT2D eigenvalue weighted by molar-refractivity contribution is 0.170. The van der Waals surface area contributed by atoms with Crippen molar-refractivity contribution in [2.45, 2.75) is 4.90 Å². The molecular formula is C23H24N2O5S. The summed E-state index contributed by atoms with van der Waals surface area (Å²) < 4.78 is 38.0. The fourth-order valence-electron chi connectivity index (χ4n) is 2.81. The van der Waals surface area contributed by atoms with Gasteiger partial charge in [0.2, 0.25) is 10.0 Å². The second-order valence-electron chi connectivity index (χ2n) is 6.50. The number of hydrogen-bond acceptors (Lipinski definition) is 6. The van der Waals surface area contributed by atoms with Crippen LogP contribution in [0.5, 0.6) is 11.5 Å². The van der Waals surface area contributed by atoms with Crippen molar-refractivity contribution in [2.24, 2.45) is 0 Å². The van der Waals surface area contributed by atoms with Crippen molar-refractivity contribution in [1.29, 1.82) is 0 Å². The van der Waals surface area contributed by atoms with Crippen LogP contribution in [-0.2, 0) is 10.0 Å². The predicted molar refractivity (Wildman–Crippen MR) is 119 cm³/mol. The Kier molecular flexibility index (Phi) is 7.77. The Labute approximate surface area is 182 Å². The first-order chi connectivity index (χ1) is 15.0. The van der Waals surface area contributed by atoms with E-state index in [0.717, 1.165) is 15.4 Å². The fourth-order valence-corrected chi connectivity index (χ4v) is 4.11. The summed E-state index contributed by atoms with van der Waals surface area (Å²) in [6.07, 6.45) is 7.22. The average molecular weight is 441 g/mol. The highest BCUT2D eigenvalue weighted by Gasteiger charge is 2.25. The lowest BCUT2D eigenvalue weighted by Crippen LogP contribution is -2.36. The number of aliphatic hydroxyl groups is 1.